The molecule has 108 valence electrons. The molecule has 0 radical (unpaired) electrons. The number of hydrogen-bond acceptors (Lipinski definition) is 3. The van der Waals surface area contributed by atoms with Crippen LogP contribution in [0.5, 0.6) is 0 Å². The molecule has 0 aromatic heterocycles. The van der Waals surface area contributed by atoms with Crippen molar-refractivity contribution in [3.05, 3.63) is 35.9 Å². The van der Waals surface area contributed by atoms with E-state index < -0.39 is 0 Å². The van der Waals surface area contributed by atoms with Crippen LogP contribution in [0.15, 0.2) is 30.3 Å². The summed E-state index contributed by atoms with van der Waals surface area (Å²) >= 11 is 0. The van der Waals surface area contributed by atoms with Gasteiger partial charge in [-0.3, -0.25) is 0 Å². The van der Waals surface area contributed by atoms with E-state index in [-0.39, 0.29) is 6.10 Å². The van der Waals surface area contributed by atoms with E-state index in [0.29, 0.717) is 18.4 Å². The maximum Gasteiger partial charge on any atom is 0.0928 e. The molecular weight excluding hydrogens is 238 g/mol. The van der Waals surface area contributed by atoms with Gasteiger partial charge in [-0.1, -0.05) is 44.2 Å². The van der Waals surface area contributed by atoms with Crippen molar-refractivity contribution in [2.45, 2.75) is 25.9 Å². The van der Waals surface area contributed by atoms with Crippen LogP contribution in [0.2, 0.25) is 0 Å². The van der Waals surface area contributed by atoms with Gasteiger partial charge in [-0.2, -0.15) is 0 Å². The van der Waals surface area contributed by atoms with Gasteiger partial charge in [0.25, 0.3) is 0 Å². The Morgan fingerprint density at radius 3 is 2.26 bits per heavy atom. The van der Waals surface area contributed by atoms with E-state index >= 15 is 0 Å². The minimum atomic E-state index is 0.119. The van der Waals surface area contributed by atoms with Crippen LogP contribution in [0.3, 0.4) is 0 Å². The Balaban J connectivity index is 2.47. The molecular formula is C16H27NO2. The highest BCUT2D eigenvalue weighted by atomic mass is 16.5. The molecule has 2 atom stereocenters. The second kappa shape index (κ2) is 9.08. The zero-order chi connectivity index (χ0) is 14.1. The maximum atomic E-state index is 5.35. The minimum Gasteiger partial charge on any atom is -0.382 e. The van der Waals surface area contributed by atoms with Gasteiger partial charge in [0.15, 0.2) is 0 Å². The Hall–Kier alpha value is -0.900. The fourth-order valence-corrected chi connectivity index (χ4v) is 2.23. The molecule has 0 aliphatic heterocycles. The first kappa shape index (κ1) is 16.2. The van der Waals surface area contributed by atoms with Crippen molar-refractivity contribution in [3.63, 3.8) is 0 Å². The summed E-state index contributed by atoms with van der Waals surface area (Å²) in [5.41, 5.74) is 1.39. The third-order valence-electron chi connectivity index (χ3n) is 3.45. The summed E-state index contributed by atoms with van der Waals surface area (Å²) in [5.74, 6) is 1.14. The van der Waals surface area contributed by atoms with Gasteiger partial charge in [0.1, 0.15) is 0 Å². The molecule has 3 heteroatoms. The lowest BCUT2D eigenvalue weighted by molar-refractivity contribution is 0.0287. The topological polar surface area (TPSA) is 30.5 Å². The third kappa shape index (κ3) is 5.72. The molecule has 0 fully saturated rings. The monoisotopic (exact) mass is 265 g/mol. The highest BCUT2D eigenvalue weighted by molar-refractivity contribution is 5.20. The normalized spacial score (nSPS) is 14.6. The predicted octanol–water partition coefficient (Wildman–Crippen LogP) is 2.68. The van der Waals surface area contributed by atoms with Crippen LogP contribution < -0.4 is 5.32 Å². The van der Waals surface area contributed by atoms with E-state index in [2.05, 4.69) is 49.5 Å². The average molecular weight is 265 g/mol. The number of ether oxygens (including phenoxy) is 2. The molecule has 1 N–H and O–H groups in total. The van der Waals surface area contributed by atoms with Gasteiger partial charge in [0.2, 0.25) is 0 Å². The van der Waals surface area contributed by atoms with Crippen LogP contribution in [0.4, 0.5) is 0 Å². The summed E-state index contributed by atoms with van der Waals surface area (Å²) in [4.78, 5) is 0. The molecule has 0 saturated heterocycles. The lowest BCUT2D eigenvalue weighted by Crippen LogP contribution is -2.35. The van der Waals surface area contributed by atoms with Gasteiger partial charge in [-0.25, -0.2) is 0 Å². The first-order valence-corrected chi connectivity index (χ1v) is 6.96. The third-order valence-corrected chi connectivity index (χ3v) is 3.45. The van der Waals surface area contributed by atoms with Crippen molar-refractivity contribution < 1.29 is 9.47 Å². The van der Waals surface area contributed by atoms with Gasteiger partial charge in [0, 0.05) is 27.3 Å². The van der Waals surface area contributed by atoms with Gasteiger partial charge in [0.05, 0.1) is 12.7 Å². The van der Waals surface area contributed by atoms with Crippen molar-refractivity contribution in [2.75, 3.05) is 33.9 Å². The Morgan fingerprint density at radius 2 is 1.74 bits per heavy atom. The minimum absolute atomic E-state index is 0.119. The lowest BCUT2D eigenvalue weighted by Gasteiger charge is -2.23. The van der Waals surface area contributed by atoms with Crippen LogP contribution >= 0.6 is 0 Å². The van der Waals surface area contributed by atoms with Crippen LogP contribution in [0, 0.1) is 5.92 Å². The van der Waals surface area contributed by atoms with Crippen LogP contribution in [0.1, 0.15) is 25.3 Å². The highest BCUT2D eigenvalue weighted by Gasteiger charge is 2.16. The average Bonchev–Trinajstić information content (AvgIpc) is 2.42. The Bertz CT molecular complexity index is 327. The van der Waals surface area contributed by atoms with E-state index in [1.54, 1.807) is 14.2 Å². The lowest BCUT2D eigenvalue weighted by atomic mass is 9.88. The molecule has 0 aliphatic rings. The second-order valence-corrected chi connectivity index (χ2v) is 5.23. The molecule has 2 unspecified atom stereocenters. The molecule has 0 aliphatic carbocycles. The number of benzene rings is 1. The van der Waals surface area contributed by atoms with Crippen molar-refractivity contribution in [3.8, 4) is 0 Å². The SMILES string of the molecule is COCC(CNCC(c1ccccc1)C(C)C)OC. The first-order valence-electron chi connectivity index (χ1n) is 6.96. The quantitative estimate of drug-likeness (QED) is 0.744. The number of hydrogen-bond donors (Lipinski definition) is 1. The summed E-state index contributed by atoms with van der Waals surface area (Å²) in [6.45, 7) is 6.94. The van der Waals surface area contributed by atoms with E-state index in [1.165, 1.54) is 5.56 Å². The van der Waals surface area contributed by atoms with E-state index in [9.17, 15) is 0 Å². The largest absolute Gasteiger partial charge is 0.382 e. The molecule has 3 nitrogen and oxygen atoms in total. The standard InChI is InChI=1S/C16H27NO2/c1-13(2)16(14-8-6-5-7-9-14)11-17-10-15(19-4)12-18-3/h5-9,13,15-17H,10-12H2,1-4H3. The second-order valence-electron chi connectivity index (χ2n) is 5.23. The van der Waals surface area contributed by atoms with Gasteiger partial charge in [-0.05, 0) is 17.4 Å². The summed E-state index contributed by atoms with van der Waals surface area (Å²) in [6, 6.07) is 10.7. The molecule has 0 bridgehead atoms. The molecule has 0 heterocycles. The summed E-state index contributed by atoms with van der Waals surface area (Å²) in [5, 5.41) is 3.50. The molecule has 0 spiro atoms. The van der Waals surface area contributed by atoms with Crippen LogP contribution in [-0.4, -0.2) is 40.0 Å². The summed E-state index contributed by atoms with van der Waals surface area (Å²) in [6.07, 6.45) is 0.119. The van der Waals surface area contributed by atoms with Crippen LogP contribution in [0.25, 0.3) is 0 Å². The summed E-state index contributed by atoms with van der Waals surface area (Å²) in [7, 11) is 3.43. The number of methoxy groups -OCH3 is 2. The van der Waals surface area contributed by atoms with Crippen LogP contribution in [-0.2, 0) is 9.47 Å². The highest BCUT2D eigenvalue weighted by Crippen LogP contribution is 2.23. The number of nitrogens with one attached hydrogen (secondary N) is 1. The van der Waals surface area contributed by atoms with E-state index in [1.807, 2.05) is 0 Å². The molecule has 0 amide bonds. The Labute approximate surface area is 117 Å². The van der Waals surface area contributed by atoms with Crippen molar-refractivity contribution >= 4 is 0 Å². The zero-order valence-electron chi connectivity index (χ0n) is 12.6. The van der Waals surface area contributed by atoms with Crippen molar-refractivity contribution in [1.29, 1.82) is 0 Å². The van der Waals surface area contributed by atoms with Gasteiger partial charge >= 0.3 is 0 Å². The van der Waals surface area contributed by atoms with Gasteiger partial charge < -0.3 is 14.8 Å². The zero-order valence-corrected chi connectivity index (χ0v) is 12.6. The predicted molar refractivity (Wildman–Crippen MR) is 79.6 cm³/mol. The van der Waals surface area contributed by atoms with Crippen molar-refractivity contribution in [1.82, 2.24) is 5.32 Å². The first-order chi connectivity index (χ1) is 9.19. The maximum absolute atomic E-state index is 5.35. The van der Waals surface area contributed by atoms with E-state index in [0.717, 1.165) is 13.1 Å². The molecule has 0 saturated carbocycles. The molecule has 1 aromatic carbocycles. The van der Waals surface area contributed by atoms with Gasteiger partial charge in [-0.15, -0.1) is 0 Å². The Kier molecular flexibility index (Phi) is 7.72. The van der Waals surface area contributed by atoms with Crippen molar-refractivity contribution in [2.24, 2.45) is 5.92 Å². The molecule has 1 rings (SSSR count). The molecule has 19 heavy (non-hydrogen) atoms. The Morgan fingerprint density at radius 1 is 1.05 bits per heavy atom. The van der Waals surface area contributed by atoms with E-state index in [4.69, 9.17) is 9.47 Å². The fraction of sp³-hybridized carbons (Fsp3) is 0.625. The smallest absolute Gasteiger partial charge is 0.0928 e. The number of rotatable bonds is 9. The summed E-state index contributed by atoms with van der Waals surface area (Å²) < 4.78 is 10.5. The molecule has 1 aromatic rings. The fourth-order valence-electron chi connectivity index (χ4n) is 2.23.